The number of rotatable bonds is 2. The zero-order valence-corrected chi connectivity index (χ0v) is 13.4. The van der Waals surface area contributed by atoms with Crippen LogP contribution >= 0.6 is 45.5 Å². The fourth-order valence-electron chi connectivity index (χ4n) is 1.70. The number of hydrogen-bond donors (Lipinski definition) is 2. The molecular weight excluding hydrogens is 393 g/mol. The van der Waals surface area contributed by atoms with Crippen LogP contribution in [0, 0.1) is 3.57 Å². The van der Waals surface area contributed by atoms with Gasteiger partial charge in [-0.3, -0.25) is 0 Å². The van der Waals surface area contributed by atoms with Crippen LogP contribution < -0.4 is 11.1 Å². The van der Waals surface area contributed by atoms with Crippen LogP contribution in [-0.4, -0.2) is 4.98 Å². The van der Waals surface area contributed by atoms with E-state index in [1.807, 2.05) is 36.4 Å². The zero-order chi connectivity index (χ0) is 13.4. The van der Waals surface area contributed by atoms with Crippen molar-refractivity contribution in [3.05, 3.63) is 45.0 Å². The molecule has 96 valence electrons. The van der Waals surface area contributed by atoms with Gasteiger partial charge in [0.1, 0.15) is 0 Å². The summed E-state index contributed by atoms with van der Waals surface area (Å²) < 4.78 is 2.16. The van der Waals surface area contributed by atoms with Crippen LogP contribution in [0.3, 0.4) is 0 Å². The van der Waals surface area contributed by atoms with Crippen LogP contribution in [0.1, 0.15) is 0 Å². The Morgan fingerprint density at radius 1 is 1.21 bits per heavy atom. The second-order valence-electron chi connectivity index (χ2n) is 4.00. The van der Waals surface area contributed by atoms with E-state index >= 15 is 0 Å². The van der Waals surface area contributed by atoms with E-state index in [2.05, 4.69) is 32.9 Å². The van der Waals surface area contributed by atoms with Gasteiger partial charge in [-0.2, -0.15) is 0 Å². The number of nitrogen functional groups attached to an aromatic ring is 1. The van der Waals surface area contributed by atoms with E-state index < -0.39 is 0 Å². The maximum atomic E-state index is 6.19. The van der Waals surface area contributed by atoms with Crippen molar-refractivity contribution in [3.8, 4) is 0 Å². The number of anilines is 3. The molecule has 3 nitrogen and oxygen atoms in total. The lowest BCUT2D eigenvalue weighted by Crippen LogP contribution is -1.90. The Bertz CT molecular complexity index is 757. The zero-order valence-electron chi connectivity index (χ0n) is 9.65. The molecule has 0 fully saturated rings. The molecule has 6 heteroatoms. The summed E-state index contributed by atoms with van der Waals surface area (Å²) in [6.07, 6.45) is 0. The van der Waals surface area contributed by atoms with E-state index in [4.69, 9.17) is 17.3 Å². The minimum Gasteiger partial charge on any atom is -0.399 e. The van der Waals surface area contributed by atoms with E-state index in [0.29, 0.717) is 5.02 Å². The molecule has 2 aromatic carbocycles. The van der Waals surface area contributed by atoms with Gasteiger partial charge in [0.2, 0.25) is 0 Å². The Kier molecular flexibility index (Phi) is 3.51. The molecule has 0 saturated heterocycles. The van der Waals surface area contributed by atoms with Crippen LogP contribution in [0.4, 0.5) is 16.5 Å². The number of hydrogen-bond acceptors (Lipinski definition) is 4. The van der Waals surface area contributed by atoms with Crippen LogP contribution in [0.2, 0.25) is 5.02 Å². The summed E-state index contributed by atoms with van der Waals surface area (Å²) in [5.74, 6) is 0. The molecular formula is C13H9ClIN3S. The highest BCUT2D eigenvalue weighted by atomic mass is 127. The van der Waals surface area contributed by atoms with E-state index in [1.165, 1.54) is 0 Å². The third kappa shape index (κ3) is 2.77. The molecule has 0 unspecified atom stereocenters. The molecule has 0 radical (unpaired) electrons. The Hall–Kier alpha value is -1.05. The van der Waals surface area contributed by atoms with Crippen molar-refractivity contribution < 1.29 is 0 Å². The van der Waals surface area contributed by atoms with Gasteiger partial charge in [-0.1, -0.05) is 22.9 Å². The monoisotopic (exact) mass is 401 g/mol. The van der Waals surface area contributed by atoms with Crippen molar-refractivity contribution in [1.29, 1.82) is 0 Å². The lowest BCUT2D eigenvalue weighted by molar-refractivity contribution is 1.44. The number of benzene rings is 2. The average Bonchev–Trinajstić information content (AvgIpc) is 2.74. The summed E-state index contributed by atoms with van der Waals surface area (Å²) in [5.41, 5.74) is 8.30. The first-order valence-corrected chi connectivity index (χ1v) is 7.77. The standard InChI is InChI=1S/C13H9ClIN3S/c14-9-5-7(15)1-3-10(9)17-13-18-11-4-2-8(16)6-12(11)19-13/h1-6H,16H2,(H,17,18). The first-order chi connectivity index (χ1) is 9.11. The van der Waals surface area contributed by atoms with Gasteiger partial charge in [0.15, 0.2) is 5.13 Å². The second kappa shape index (κ2) is 5.15. The van der Waals surface area contributed by atoms with Gasteiger partial charge in [-0.15, -0.1) is 0 Å². The summed E-state index contributed by atoms with van der Waals surface area (Å²) in [6.45, 7) is 0. The number of nitrogens with one attached hydrogen (secondary N) is 1. The molecule has 1 heterocycles. The highest BCUT2D eigenvalue weighted by molar-refractivity contribution is 14.1. The van der Waals surface area contributed by atoms with Crippen LogP contribution in [-0.2, 0) is 0 Å². The molecule has 3 rings (SSSR count). The van der Waals surface area contributed by atoms with Gasteiger partial charge in [-0.05, 0) is 59.0 Å². The van der Waals surface area contributed by atoms with E-state index in [0.717, 1.165) is 30.3 Å². The maximum Gasteiger partial charge on any atom is 0.188 e. The molecule has 0 bridgehead atoms. The van der Waals surface area contributed by atoms with Crippen LogP contribution in [0.5, 0.6) is 0 Å². The third-order valence-corrected chi connectivity index (χ3v) is 4.50. The van der Waals surface area contributed by atoms with Crippen molar-refractivity contribution in [1.82, 2.24) is 4.98 Å². The Morgan fingerprint density at radius 2 is 2.05 bits per heavy atom. The highest BCUT2D eigenvalue weighted by Crippen LogP contribution is 2.32. The first-order valence-electron chi connectivity index (χ1n) is 5.50. The molecule has 0 aliphatic rings. The van der Waals surface area contributed by atoms with Gasteiger partial charge in [0.05, 0.1) is 20.9 Å². The number of nitrogens with zero attached hydrogens (tertiary/aromatic N) is 1. The van der Waals surface area contributed by atoms with Crippen LogP contribution in [0.15, 0.2) is 36.4 Å². The Labute approximate surface area is 132 Å². The molecule has 3 N–H and O–H groups in total. The largest absolute Gasteiger partial charge is 0.399 e. The summed E-state index contributed by atoms with van der Waals surface area (Å²) in [4.78, 5) is 4.50. The quantitative estimate of drug-likeness (QED) is 0.475. The smallest absolute Gasteiger partial charge is 0.188 e. The van der Waals surface area contributed by atoms with Crippen molar-refractivity contribution in [2.24, 2.45) is 0 Å². The SMILES string of the molecule is Nc1ccc2nc(Nc3ccc(I)cc3Cl)sc2c1. The van der Waals surface area contributed by atoms with Gasteiger partial charge in [0.25, 0.3) is 0 Å². The normalized spacial score (nSPS) is 10.8. The molecule has 0 atom stereocenters. The summed E-state index contributed by atoms with van der Waals surface area (Å²) in [7, 11) is 0. The number of aromatic nitrogens is 1. The number of fused-ring (bicyclic) bond motifs is 1. The highest BCUT2D eigenvalue weighted by Gasteiger charge is 2.06. The van der Waals surface area contributed by atoms with Crippen LogP contribution in [0.25, 0.3) is 10.2 Å². The second-order valence-corrected chi connectivity index (χ2v) is 6.68. The van der Waals surface area contributed by atoms with Gasteiger partial charge in [0, 0.05) is 9.26 Å². The molecule has 0 aliphatic heterocycles. The lowest BCUT2D eigenvalue weighted by atomic mass is 10.3. The molecule has 3 aromatic rings. The molecule has 0 spiro atoms. The van der Waals surface area contributed by atoms with Crippen molar-refractivity contribution in [2.45, 2.75) is 0 Å². The van der Waals surface area contributed by atoms with Gasteiger partial charge < -0.3 is 11.1 Å². The Balaban J connectivity index is 1.96. The molecule has 0 amide bonds. The first kappa shape index (κ1) is 13.0. The van der Waals surface area contributed by atoms with E-state index in [1.54, 1.807) is 11.3 Å². The van der Waals surface area contributed by atoms with Gasteiger partial charge >= 0.3 is 0 Å². The summed E-state index contributed by atoms with van der Waals surface area (Å²) >= 11 is 9.98. The van der Waals surface area contributed by atoms with E-state index in [-0.39, 0.29) is 0 Å². The summed E-state index contributed by atoms with van der Waals surface area (Å²) in [5, 5.41) is 4.73. The fourth-order valence-corrected chi connectivity index (χ4v) is 3.53. The van der Waals surface area contributed by atoms with Gasteiger partial charge in [-0.25, -0.2) is 4.98 Å². The fraction of sp³-hybridized carbons (Fsp3) is 0. The van der Waals surface area contributed by atoms with E-state index in [9.17, 15) is 0 Å². The summed E-state index contributed by atoms with van der Waals surface area (Å²) in [6, 6.07) is 11.6. The Morgan fingerprint density at radius 3 is 2.84 bits per heavy atom. The lowest BCUT2D eigenvalue weighted by Gasteiger charge is -2.04. The third-order valence-electron chi connectivity index (χ3n) is 2.59. The van der Waals surface area contributed by atoms with Crippen molar-refractivity contribution in [3.63, 3.8) is 0 Å². The minimum atomic E-state index is 0.686. The topological polar surface area (TPSA) is 50.9 Å². The molecule has 0 saturated carbocycles. The minimum absolute atomic E-state index is 0.686. The predicted octanol–water partition coefficient (Wildman–Crippen LogP) is 4.88. The number of nitrogens with two attached hydrogens (primary N) is 1. The average molecular weight is 402 g/mol. The predicted molar refractivity (Wildman–Crippen MR) is 91.5 cm³/mol. The molecule has 0 aliphatic carbocycles. The van der Waals surface area contributed by atoms with Crippen molar-refractivity contribution >= 4 is 72.3 Å². The number of thiazole rings is 1. The number of halogens is 2. The molecule has 19 heavy (non-hydrogen) atoms. The van der Waals surface area contributed by atoms with Crippen molar-refractivity contribution in [2.75, 3.05) is 11.1 Å². The molecule has 1 aromatic heterocycles. The maximum absolute atomic E-state index is 6.19.